The van der Waals surface area contributed by atoms with Crippen LogP contribution in [0.5, 0.6) is 0 Å². The SMILES string of the molecule is CC(=O)OC[C@H]1SC[C@@H](OC(C)=O)[C@@H]1OC(C)=O. The molecule has 1 heterocycles. The van der Waals surface area contributed by atoms with E-state index in [1.54, 1.807) is 0 Å². The fourth-order valence-corrected chi connectivity index (χ4v) is 2.93. The van der Waals surface area contributed by atoms with Gasteiger partial charge in [-0.05, 0) is 0 Å². The van der Waals surface area contributed by atoms with Gasteiger partial charge in [0.15, 0.2) is 6.10 Å². The molecule has 102 valence electrons. The normalized spacial score (nSPS) is 26.5. The van der Waals surface area contributed by atoms with Crippen LogP contribution < -0.4 is 0 Å². The Kier molecular flexibility index (Phi) is 5.46. The smallest absolute Gasteiger partial charge is 0.303 e. The minimum absolute atomic E-state index is 0.135. The maximum atomic E-state index is 11.0. The van der Waals surface area contributed by atoms with E-state index in [-0.39, 0.29) is 11.9 Å². The average Bonchev–Trinajstić information content (AvgIpc) is 2.57. The lowest BCUT2D eigenvalue weighted by Gasteiger charge is -2.22. The quantitative estimate of drug-likeness (QED) is 0.547. The third kappa shape index (κ3) is 4.56. The Hall–Kier alpha value is -1.24. The number of rotatable bonds is 4. The number of thioether (sulfide) groups is 1. The van der Waals surface area contributed by atoms with Gasteiger partial charge >= 0.3 is 17.9 Å². The molecule has 0 aliphatic carbocycles. The molecule has 0 spiro atoms. The molecule has 1 aliphatic heterocycles. The molecule has 3 atom stereocenters. The van der Waals surface area contributed by atoms with Gasteiger partial charge < -0.3 is 14.2 Å². The van der Waals surface area contributed by atoms with Crippen molar-refractivity contribution in [3.8, 4) is 0 Å². The van der Waals surface area contributed by atoms with Crippen LogP contribution in [0.1, 0.15) is 20.8 Å². The molecule has 1 fully saturated rings. The summed E-state index contributed by atoms with van der Waals surface area (Å²) in [5, 5.41) is -0.206. The van der Waals surface area contributed by atoms with Crippen LogP contribution in [-0.4, -0.2) is 47.7 Å². The molecule has 1 rings (SSSR count). The van der Waals surface area contributed by atoms with Gasteiger partial charge in [-0.15, -0.1) is 11.8 Å². The van der Waals surface area contributed by atoms with E-state index in [2.05, 4.69) is 0 Å². The van der Waals surface area contributed by atoms with Crippen LogP contribution in [0.15, 0.2) is 0 Å². The van der Waals surface area contributed by atoms with Crippen LogP contribution in [-0.2, 0) is 28.6 Å². The van der Waals surface area contributed by atoms with Gasteiger partial charge in [-0.3, -0.25) is 14.4 Å². The lowest BCUT2D eigenvalue weighted by molar-refractivity contribution is -0.163. The van der Waals surface area contributed by atoms with E-state index in [0.29, 0.717) is 5.75 Å². The molecule has 0 aromatic heterocycles. The topological polar surface area (TPSA) is 78.9 Å². The molecule has 0 aromatic carbocycles. The summed E-state index contributed by atoms with van der Waals surface area (Å²) in [6.45, 7) is 4.03. The van der Waals surface area contributed by atoms with Gasteiger partial charge in [0.05, 0.1) is 5.25 Å². The van der Waals surface area contributed by atoms with E-state index < -0.39 is 30.1 Å². The second-order valence-corrected chi connectivity index (χ2v) is 5.17. The summed E-state index contributed by atoms with van der Waals surface area (Å²) in [7, 11) is 0. The summed E-state index contributed by atoms with van der Waals surface area (Å²) in [5.74, 6) is -0.754. The highest BCUT2D eigenvalue weighted by Gasteiger charge is 2.42. The Balaban J connectivity index is 2.63. The Labute approximate surface area is 109 Å². The summed E-state index contributed by atoms with van der Waals surface area (Å²) < 4.78 is 15.1. The second kappa shape index (κ2) is 6.63. The van der Waals surface area contributed by atoms with Crippen molar-refractivity contribution in [1.82, 2.24) is 0 Å². The predicted octanol–water partition coefficient (Wildman–Crippen LogP) is 0.528. The number of esters is 3. The van der Waals surface area contributed by atoms with E-state index in [4.69, 9.17) is 14.2 Å². The lowest BCUT2D eigenvalue weighted by Crippen LogP contribution is -2.39. The third-order valence-electron chi connectivity index (χ3n) is 2.28. The molecule has 18 heavy (non-hydrogen) atoms. The van der Waals surface area contributed by atoms with Crippen molar-refractivity contribution >= 4 is 29.7 Å². The van der Waals surface area contributed by atoms with Crippen molar-refractivity contribution in [1.29, 1.82) is 0 Å². The van der Waals surface area contributed by atoms with Crippen molar-refractivity contribution < 1.29 is 28.6 Å². The average molecular weight is 276 g/mol. The highest BCUT2D eigenvalue weighted by molar-refractivity contribution is 8.00. The maximum Gasteiger partial charge on any atom is 0.303 e. The molecule has 1 saturated heterocycles. The first-order valence-electron chi connectivity index (χ1n) is 5.49. The fraction of sp³-hybridized carbons (Fsp3) is 0.727. The van der Waals surface area contributed by atoms with E-state index in [1.165, 1.54) is 32.5 Å². The van der Waals surface area contributed by atoms with Crippen molar-refractivity contribution in [2.45, 2.75) is 38.2 Å². The first kappa shape index (κ1) is 14.8. The van der Waals surface area contributed by atoms with Crippen molar-refractivity contribution in [2.75, 3.05) is 12.4 Å². The van der Waals surface area contributed by atoms with Crippen molar-refractivity contribution in [3.63, 3.8) is 0 Å². The van der Waals surface area contributed by atoms with Crippen LogP contribution in [0.3, 0.4) is 0 Å². The highest BCUT2D eigenvalue weighted by Crippen LogP contribution is 2.32. The van der Waals surface area contributed by atoms with E-state index in [1.807, 2.05) is 0 Å². The summed E-state index contributed by atoms with van der Waals surface area (Å²) in [5.41, 5.74) is 0. The second-order valence-electron chi connectivity index (χ2n) is 3.90. The van der Waals surface area contributed by atoms with Gasteiger partial charge in [0.2, 0.25) is 0 Å². The van der Waals surface area contributed by atoms with Crippen LogP contribution >= 0.6 is 11.8 Å². The zero-order valence-corrected chi connectivity index (χ0v) is 11.3. The van der Waals surface area contributed by atoms with E-state index in [0.717, 1.165) is 0 Å². The summed E-state index contributed by atoms with van der Waals surface area (Å²) in [6, 6.07) is 0. The first-order valence-corrected chi connectivity index (χ1v) is 6.54. The lowest BCUT2D eigenvalue weighted by atomic mass is 10.1. The van der Waals surface area contributed by atoms with Crippen LogP contribution in [0.25, 0.3) is 0 Å². The van der Waals surface area contributed by atoms with Gasteiger partial charge in [-0.2, -0.15) is 0 Å². The summed E-state index contributed by atoms with van der Waals surface area (Å²) in [6.07, 6.45) is -1.06. The summed E-state index contributed by atoms with van der Waals surface area (Å²) in [4.78, 5) is 32.7. The zero-order valence-electron chi connectivity index (χ0n) is 10.5. The number of hydrogen-bond acceptors (Lipinski definition) is 7. The molecule has 0 N–H and O–H groups in total. The van der Waals surface area contributed by atoms with Crippen molar-refractivity contribution in [3.05, 3.63) is 0 Å². The fourth-order valence-electron chi connectivity index (χ4n) is 1.65. The molecule has 0 saturated carbocycles. The van der Waals surface area contributed by atoms with Gasteiger partial charge in [-0.25, -0.2) is 0 Å². The molecule has 1 aliphatic rings. The Bertz CT molecular complexity index is 342. The molecule has 0 radical (unpaired) electrons. The van der Waals surface area contributed by atoms with Gasteiger partial charge in [0, 0.05) is 26.5 Å². The highest BCUT2D eigenvalue weighted by atomic mass is 32.2. The Morgan fingerprint density at radius 1 is 1.06 bits per heavy atom. The number of hydrogen-bond donors (Lipinski definition) is 0. The molecule has 7 heteroatoms. The van der Waals surface area contributed by atoms with Crippen molar-refractivity contribution in [2.24, 2.45) is 0 Å². The molecular formula is C11H16O6S. The standard InChI is InChI=1S/C11H16O6S/c1-6(12)15-4-10-11(17-8(3)14)9(5-18-10)16-7(2)13/h9-11H,4-5H2,1-3H3/t9-,10-,11+/m1/s1. The number of carbonyl (C=O) groups is 3. The third-order valence-corrected chi connectivity index (χ3v) is 3.63. The minimum Gasteiger partial charge on any atom is -0.465 e. The molecule has 6 nitrogen and oxygen atoms in total. The molecular weight excluding hydrogens is 260 g/mol. The van der Waals surface area contributed by atoms with Gasteiger partial charge in [-0.1, -0.05) is 0 Å². The number of ether oxygens (including phenoxy) is 3. The van der Waals surface area contributed by atoms with Gasteiger partial charge in [0.1, 0.15) is 12.7 Å². The summed E-state index contributed by atoms with van der Waals surface area (Å²) >= 11 is 1.45. The molecule has 0 amide bonds. The van der Waals surface area contributed by atoms with E-state index >= 15 is 0 Å². The first-order chi connectivity index (χ1) is 8.40. The number of carbonyl (C=O) groups excluding carboxylic acids is 3. The molecule has 0 aromatic rings. The zero-order chi connectivity index (χ0) is 13.7. The maximum absolute atomic E-state index is 11.0. The van der Waals surface area contributed by atoms with Gasteiger partial charge in [0.25, 0.3) is 0 Å². The Morgan fingerprint density at radius 3 is 2.17 bits per heavy atom. The van der Waals surface area contributed by atoms with Crippen LogP contribution in [0.2, 0.25) is 0 Å². The minimum atomic E-state index is -0.573. The largest absolute Gasteiger partial charge is 0.465 e. The predicted molar refractivity (Wildman–Crippen MR) is 64.0 cm³/mol. The molecule has 0 bridgehead atoms. The molecule has 0 unspecified atom stereocenters. The van der Waals surface area contributed by atoms with Crippen LogP contribution in [0.4, 0.5) is 0 Å². The monoisotopic (exact) mass is 276 g/mol. The Morgan fingerprint density at radius 2 is 1.67 bits per heavy atom. The van der Waals surface area contributed by atoms with E-state index in [9.17, 15) is 14.4 Å². The van der Waals surface area contributed by atoms with Crippen LogP contribution in [0, 0.1) is 0 Å².